The van der Waals surface area contributed by atoms with Crippen LogP contribution in [0.5, 0.6) is 0 Å². The molecule has 0 aliphatic carbocycles. The molecule has 0 heterocycles. The Morgan fingerprint density at radius 3 is 2.43 bits per heavy atom. The SMILES string of the molecule is CCOC(=O)C(=CN(C)C)C(=O)c1ccc(F)c(C)c1F. The highest BCUT2D eigenvalue weighted by Gasteiger charge is 2.25. The Hall–Kier alpha value is -2.24. The van der Waals surface area contributed by atoms with Crippen molar-refractivity contribution in [2.75, 3.05) is 20.7 Å². The number of hydrogen-bond donors (Lipinski definition) is 0. The summed E-state index contributed by atoms with van der Waals surface area (Å²) in [5, 5.41) is 0. The molecule has 1 rings (SSSR count). The number of esters is 1. The van der Waals surface area contributed by atoms with Crippen LogP contribution in [0.3, 0.4) is 0 Å². The second-order valence-corrected chi connectivity index (χ2v) is 4.59. The van der Waals surface area contributed by atoms with Crippen LogP contribution in [-0.4, -0.2) is 37.4 Å². The van der Waals surface area contributed by atoms with Gasteiger partial charge in [0.05, 0.1) is 12.2 Å². The first-order chi connectivity index (χ1) is 9.79. The topological polar surface area (TPSA) is 46.6 Å². The molecule has 0 atom stereocenters. The fourth-order valence-electron chi connectivity index (χ4n) is 1.65. The van der Waals surface area contributed by atoms with E-state index < -0.39 is 23.4 Å². The van der Waals surface area contributed by atoms with E-state index in [0.717, 1.165) is 12.1 Å². The number of halogens is 2. The Bertz CT molecular complexity index is 595. The maximum atomic E-state index is 14.0. The lowest BCUT2D eigenvalue weighted by atomic mass is 10.0. The zero-order valence-electron chi connectivity index (χ0n) is 12.4. The summed E-state index contributed by atoms with van der Waals surface area (Å²) in [4.78, 5) is 25.6. The van der Waals surface area contributed by atoms with Gasteiger partial charge >= 0.3 is 5.97 Å². The van der Waals surface area contributed by atoms with Crippen molar-refractivity contribution in [1.82, 2.24) is 4.90 Å². The number of hydrogen-bond acceptors (Lipinski definition) is 4. The molecule has 0 aliphatic rings. The van der Waals surface area contributed by atoms with Gasteiger partial charge in [-0.15, -0.1) is 0 Å². The lowest BCUT2D eigenvalue weighted by Gasteiger charge is -2.12. The zero-order chi connectivity index (χ0) is 16.2. The van der Waals surface area contributed by atoms with E-state index in [1.54, 1.807) is 21.0 Å². The molecule has 0 saturated carbocycles. The van der Waals surface area contributed by atoms with Crippen LogP contribution in [0, 0.1) is 18.6 Å². The van der Waals surface area contributed by atoms with Crippen molar-refractivity contribution in [1.29, 1.82) is 0 Å². The molecule has 6 heteroatoms. The average molecular weight is 297 g/mol. The van der Waals surface area contributed by atoms with Crippen LogP contribution in [-0.2, 0) is 9.53 Å². The summed E-state index contributed by atoms with van der Waals surface area (Å²) in [5.41, 5.74) is -0.948. The fraction of sp³-hybridized carbons (Fsp3) is 0.333. The predicted octanol–water partition coefficient (Wildman–Crippen LogP) is 2.46. The van der Waals surface area contributed by atoms with E-state index in [9.17, 15) is 18.4 Å². The van der Waals surface area contributed by atoms with E-state index in [0.29, 0.717) is 0 Å². The van der Waals surface area contributed by atoms with Crippen molar-refractivity contribution in [2.24, 2.45) is 0 Å². The Labute approximate surface area is 122 Å². The van der Waals surface area contributed by atoms with Gasteiger partial charge in [0.15, 0.2) is 0 Å². The molecule has 21 heavy (non-hydrogen) atoms. The third kappa shape index (κ3) is 3.87. The normalized spacial score (nSPS) is 11.2. The molecule has 0 saturated heterocycles. The highest BCUT2D eigenvalue weighted by molar-refractivity contribution is 6.24. The van der Waals surface area contributed by atoms with Gasteiger partial charge in [0.25, 0.3) is 0 Å². The highest BCUT2D eigenvalue weighted by Crippen LogP contribution is 2.19. The Kier molecular flexibility index (Phi) is 5.58. The number of Topliss-reactive ketones (excluding diaryl/α,β-unsaturated/α-hetero) is 1. The average Bonchev–Trinajstić information content (AvgIpc) is 2.41. The van der Waals surface area contributed by atoms with Gasteiger partial charge in [0, 0.05) is 25.9 Å². The van der Waals surface area contributed by atoms with Crippen molar-refractivity contribution in [2.45, 2.75) is 13.8 Å². The van der Waals surface area contributed by atoms with Gasteiger partial charge in [-0.05, 0) is 26.0 Å². The third-order valence-electron chi connectivity index (χ3n) is 2.69. The maximum Gasteiger partial charge on any atom is 0.343 e. The summed E-state index contributed by atoms with van der Waals surface area (Å²) in [6.45, 7) is 2.90. The van der Waals surface area contributed by atoms with Crippen molar-refractivity contribution in [3.63, 3.8) is 0 Å². The molecule has 4 nitrogen and oxygen atoms in total. The Morgan fingerprint density at radius 2 is 1.90 bits per heavy atom. The summed E-state index contributed by atoms with van der Waals surface area (Å²) in [6, 6.07) is 2.01. The summed E-state index contributed by atoms with van der Waals surface area (Å²) in [7, 11) is 3.22. The minimum absolute atomic E-state index is 0.0851. The number of ether oxygens (including phenoxy) is 1. The highest BCUT2D eigenvalue weighted by atomic mass is 19.1. The van der Waals surface area contributed by atoms with E-state index >= 15 is 0 Å². The summed E-state index contributed by atoms with van der Waals surface area (Å²) < 4.78 is 32.0. The molecule has 0 radical (unpaired) electrons. The van der Waals surface area contributed by atoms with Crippen LogP contribution in [0.25, 0.3) is 0 Å². The van der Waals surface area contributed by atoms with Gasteiger partial charge < -0.3 is 9.64 Å². The molecule has 0 N–H and O–H groups in total. The quantitative estimate of drug-likeness (QED) is 0.275. The molecule has 0 unspecified atom stereocenters. The van der Waals surface area contributed by atoms with Crippen molar-refractivity contribution < 1.29 is 23.1 Å². The standard InChI is InChI=1S/C15H17F2NO3/c1-5-21-15(20)11(8-18(3)4)14(19)10-6-7-12(16)9(2)13(10)17/h6-8H,5H2,1-4H3. The lowest BCUT2D eigenvalue weighted by Crippen LogP contribution is -2.20. The summed E-state index contributed by atoms with van der Waals surface area (Å²) in [5.74, 6) is -3.42. The van der Waals surface area contributed by atoms with Gasteiger partial charge in [-0.25, -0.2) is 13.6 Å². The van der Waals surface area contributed by atoms with Crippen molar-refractivity contribution >= 4 is 11.8 Å². The molecule has 114 valence electrons. The summed E-state index contributed by atoms with van der Waals surface area (Å²) in [6.07, 6.45) is 1.25. The summed E-state index contributed by atoms with van der Waals surface area (Å²) >= 11 is 0. The largest absolute Gasteiger partial charge is 0.462 e. The van der Waals surface area contributed by atoms with E-state index in [-0.39, 0.29) is 23.3 Å². The predicted molar refractivity (Wildman–Crippen MR) is 73.8 cm³/mol. The zero-order valence-corrected chi connectivity index (χ0v) is 12.4. The number of carbonyl (C=O) groups is 2. The fourth-order valence-corrected chi connectivity index (χ4v) is 1.65. The molecule has 1 aromatic rings. The van der Waals surface area contributed by atoms with Crippen molar-refractivity contribution in [3.05, 3.63) is 46.7 Å². The van der Waals surface area contributed by atoms with Crippen LogP contribution < -0.4 is 0 Å². The third-order valence-corrected chi connectivity index (χ3v) is 2.69. The van der Waals surface area contributed by atoms with Crippen LogP contribution >= 0.6 is 0 Å². The molecule has 0 spiro atoms. The van der Waals surface area contributed by atoms with E-state index in [1.165, 1.54) is 18.0 Å². The number of nitrogens with zero attached hydrogens (tertiary/aromatic N) is 1. The van der Waals surface area contributed by atoms with Crippen LogP contribution in [0.4, 0.5) is 8.78 Å². The smallest absolute Gasteiger partial charge is 0.343 e. The lowest BCUT2D eigenvalue weighted by molar-refractivity contribution is -0.138. The number of rotatable bonds is 5. The minimum atomic E-state index is -0.978. The molecular formula is C15H17F2NO3. The first-order valence-corrected chi connectivity index (χ1v) is 6.34. The molecule has 1 aromatic carbocycles. The van der Waals surface area contributed by atoms with Crippen LogP contribution in [0.1, 0.15) is 22.8 Å². The molecule has 0 aliphatic heterocycles. The molecule has 0 amide bonds. The van der Waals surface area contributed by atoms with Gasteiger partial charge in [0.1, 0.15) is 17.2 Å². The number of ketones is 1. The first-order valence-electron chi connectivity index (χ1n) is 6.34. The Morgan fingerprint density at radius 1 is 1.29 bits per heavy atom. The van der Waals surface area contributed by atoms with Crippen LogP contribution in [0.15, 0.2) is 23.9 Å². The van der Waals surface area contributed by atoms with Gasteiger partial charge in [-0.1, -0.05) is 0 Å². The van der Waals surface area contributed by atoms with Crippen molar-refractivity contribution in [3.8, 4) is 0 Å². The second-order valence-electron chi connectivity index (χ2n) is 4.59. The molecule has 0 fully saturated rings. The van der Waals surface area contributed by atoms with E-state index in [2.05, 4.69) is 0 Å². The van der Waals surface area contributed by atoms with E-state index in [1.807, 2.05) is 0 Å². The maximum absolute atomic E-state index is 14.0. The van der Waals surface area contributed by atoms with Gasteiger partial charge in [0.2, 0.25) is 5.78 Å². The Balaban J connectivity index is 3.30. The molecule has 0 aromatic heterocycles. The minimum Gasteiger partial charge on any atom is -0.462 e. The molecular weight excluding hydrogens is 280 g/mol. The number of benzene rings is 1. The van der Waals surface area contributed by atoms with Crippen LogP contribution in [0.2, 0.25) is 0 Å². The number of carbonyl (C=O) groups excluding carboxylic acids is 2. The second kappa shape index (κ2) is 6.97. The monoisotopic (exact) mass is 297 g/mol. The molecule has 0 bridgehead atoms. The van der Waals surface area contributed by atoms with Gasteiger partial charge in [-0.2, -0.15) is 0 Å². The first kappa shape index (κ1) is 16.8. The van der Waals surface area contributed by atoms with E-state index in [4.69, 9.17) is 4.74 Å². The van der Waals surface area contributed by atoms with Gasteiger partial charge in [-0.3, -0.25) is 4.79 Å².